The molecule has 2 amide bonds. The van der Waals surface area contributed by atoms with E-state index in [1.165, 1.54) is 12.3 Å². The average Bonchev–Trinajstić information content (AvgIpc) is 3.17. The van der Waals surface area contributed by atoms with Gasteiger partial charge in [-0.3, -0.25) is 14.3 Å². The van der Waals surface area contributed by atoms with Crippen LogP contribution >= 0.6 is 0 Å². The molecule has 1 aromatic carbocycles. The lowest BCUT2D eigenvalue weighted by atomic mass is 9.90. The molecule has 1 fully saturated rings. The zero-order valence-corrected chi connectivity index (χ0v) is 20.0. The zero-order valence-electron chi connectivity index (χ0n) is 20.0. The first-order valence-corrected chi connectivity index (χ1v) is 11.5. The molecule has 1 aliphatic rings. The average molecular weight is 483 g/mol. The lowest BCUT2D eigenvalue weighted by molar-refractivity contribution is -0.131. The standard InChI is InChI=1S/C25H28F2N6O2/c1-15-11-18(31-32(15)3)13-29-25(35)20-14-28-16(2)30-24(20)17-7-9-33(10-8-17)23(34)12-19-21(26)5-4-6-22(19)27/h4-6,11,14,17H,7-10,12-13H2,1-3H3,(H,29,35). The van der Waals surface area contributed by atoms with E-state index in [4.69, 9.17) is 0 Å². The molecule has 1 N–H and O–H groups in total. The van der Waals surface area contributed by atoms with Gasteiger partial charge in [-0.05, 0) is 44.9 Å². The molecule has 0 saturated carbocycles. The second-order valence-electron chi connectivity index (χ2n) is 8.83. The molecule has 184 valence electrons. The zero-order chi connectivity index (χ0) is 25.1. The Labute approximate surface area is 202 Å². The third kappa shape index (κ3) is 5.52. The highest BCUT2D eigenvalue weighted by Crippen LogP contribution is 2.29. The fraction of sp³-hybridized carbons (Fsp3) is 0.400. The van der Waals surface area contributed by atoms with Gasteiger partial charge in [0.15, 0.2) is 0 Å². The van der Waals surface area contributed by atoms with E-state index < -0.39 is 11.6 Å². The fourth-order valence-corrected chi connectivity index (χ4v) is 4.33. The molecule has 0 bridgehead atoms. The summed E-state index contributed by atoms with van der Waals surface area (Å²) in [7, 11) is 1.84. The Balaban J connectivity index is 1.41. The molecule has 8 nitrogen and oxygen atoms in total. The van der Waals surface area contributed by atoms with Crippen LogP contribution in [0.2, 0.25) is 0 Å². The van der Waals surface area contributed by atoms with E-state index in [0.29, 0.717) is 43.0 Å². The van der Waals surface area contributed by atoms with Crippen LogP contribution in [0.3, 0.4) is 0 Å². The van der Waals surface area contributed by atoms with Crippen LogP contribution in [-0.4, -0.2) is 49.6 Å². The molecule has 35 heavy (non-hydrogen) atoms. The maximum atomic E-state index is 13.9. The number of aryl methyl sites for hydroxylation is 3. The Morgan fingerprint density at radius 2 is 1.83 bits per heavy atom. The minimum atomic E-state index is -0.721. The smallest absolute Gasteiger partial charge is 0.255 e. The number of rotatable bonds is 6. The van der Waals surface area contributed by atoms with E-state index >= 15 is 0 Å². The van der Waals surface area contributed by atoms with Gasteiger partial charge in [-0.1, -0.05) is 6.07 Å². The normalized spacial score (nSPS) is 14.3. The monoisotopic (exact) mass is 482 g/mol. The molecule has 0 spiro atoms. The molecule has 4 rings (SSSR count). The van der Waals surface area contributed by atoms with Crippen molar-refractivity contribution in [2.24, 2.45) is 7.05 Å². The van der Waals surface area contributed by atoms with Gasteiger partial charge in [0.1, 0.15) is 17.5 Å². The second-order valence-corrected chi connectivity index (χ2v) is 8.83. The highest BCUT2D eigenvalue weighted by Gasteiger charge is 2.29. The lowest BCUT2D eigenvalue weighted by Crippen LogP contribution is -2.39. The Morgan fingerprint density at radius 3 is 2.46 bits per heavy atom. The van der Waals surface area contributed by atoms with E-state index in [0.717, 1.165) is 23.5 Å². The van der Waals surface area contributed by atoms with Crippen molar-refractivity contribution in [1.29, 1.82) is 0 Å². The number of halogens is 2. The van der Waals surface area contributed by atoms with Crippen LogP contribution in [0.5, 0.6) is 0 Å². The quantitative estimate of drug-likeness (QED) is 0.583. The van der Waals surface area contributed by atoms with Gasteiger partial charge in [0.25, 0.3) is 5.91 Å². The Morgan fingerprint density at radius 1 is 1.14 bits per heavy atom. The van der Waals surface area contributed by atoms with Gasteiger partial charge in [-0.2, -0.15) is 5.10 Å². The molecule has 3 aromatic rings. The summed E-state index contributed by atoms with van der Waals surface area (Å²) in [6, 6.07) is 5.49. The molecule has 0 radical (unpaired) electrons. The third-order valence-electron chi connectivity index (χ3n) is 6.40. The van der Waals surface area contributed by atoms with Crippen molar-refractivity contribution in [2.45, 2.75) is 45.6 Å². The number of aromatic nitrogens is 4. The number of benzene rings is 1. The maximum Gasteiger partial charge on any atom is 0.255 e. The van der Waals surface area contributed by atoms with Crippen LogP contribution in [0.4, 0.5) is 8.78 Å². The topological polar surface area (TPSA) is 93.0 Å². The van der Waals surface area contributed by atoms with Crippen LogP contribution in [0.25, 0.3) is 0 Å². The lowest BCUT2D eigenvalue weighted by Gasteiger charge is -2.32. The van der Waals surface area contributed by atoms with E-state index in [1.807, 2.05) is 20.0 Å². The van der Waals surface area contributed by atoms with E-state index in [9.17, 15) is 18.4 Å². The van der Waals surface area contributed by atoms with Crippen molar-refractivity contribution in [3.63, 3.8) is 0 Å². The van der Waals surface area contributed by atoms with Crippen molar-refractivity contribution >= 4 is 11.8 Å². The highest BCUT2D eigenvalue weighted by molar-refractivity contribution is 5.95. The molecule has 1 aliphatic heterocycles. The van der Waals surface area contributed by atoms with Crippen molar-refractivity contribution in [3.05, 3.63) is 76.1 Å². The first-order chi connectivity index (χ1) is 16.7. The van der Waals surface area contributed by atoms with Crippen molar-refractivity contribution in [3.8, 4) is 0 Å². The molecular weight excluding hydrogens is 454 g/mol. The number of carbonyl (C=O) groups is 2. The van der Waals surface area contributed by atoms with Gasteiger partial charge in [-0.15, -0.1) is 0 Å². The fourth-order valence-electron chi connectivity index (χ4n) is 4.33. The number of nitrogens with one attached hydrogen (secondary N) is 1. The summed E-state index contributed by atoms with van der Waals surface area (Å²) in [6.45, 7) is 4.82. The third-order valence-corrected chi connectivity index (χ3v) is 6.40. The number of hydrogen-bond acceptors (Lipinski definition) is 5. The second kappa shape index (κ2) is 10.3. The number of hydrogen-bond donors (Lipinski definition) is 1. The SMILES string of the molecule is Cc1ncc(C(=O)NCc2cc(C)n(C)n2)c(C2CCN(C(=O)Cc3c(F)cccc3F)CC2)n1. The minimum absolute atomic E-state index is 0.0382. The number of amides is 2. The van der Waals surface area contributed by atoms with Gasteiger partial charge in [-0.25, -0.2) is 18.7 Å². The van der Waals surface area contributed by atoms with Gasteiger partial charge in [0.2, 0.25) is 5.91 Å². The number of carbonyl (C=O) groups excluding carboxylic acids is 2. The highest BCUT2D eigenvalue weighted by atomic mass is 19.1. The van der Waals surface area contributed by atoms with E-state index in [2.05, 4.69) is 20.4 Å². The Hall–Kier alpha value is -3.69. The summed E-state index contributed by atoms with van der Waals surface area (Å²) < 4.78 is 29.6. The molecule has 0 aliphatic carbocycles. The molecule has 0 atom stereocenters. The summed E-state index contributed by atoms with van der Waals surface area (Å²) in [5, 5.41) is 7.24. The predicted molar refractivity (Wildman–Crippen MR) is 125 cm³/mol. The van der Waals surface area contributed by atoms with Crippen molar-refractivity contribution in [1.82, 2.24) is 30.0 Å². The van der Waals surface area contributed by atoms with Gasteiger partial charge in [0, 0.05) is 43.5 Å². The number of piperidine rings is 1. The van der Waals surface area contributed by atoms with Crippen molar-refractivity contribution in [2.75, 3.05) is 13.1 Å². The molecule has 10 heteroatoms. The summed E-state index contributed by atoms with van der Waals surface area (Å²) >= 11 is 0. The molecule has 3 heterocycles. The first kappa shape index (κ1) is 24.4. The molecule has 2 aromatic heterocycles. The molecule has 1 saturated heterocycles. The van der Waals surface area contributed by atoms with Crippen LogP contribution in [0.1, 0.15) is 57.6 Å². The van der Waals surface area contributed by atoms with Gasteiger partial charge in [0.05, 0.1) is 29.9 Å². The molecule has 0 unspecified atom stereocenters. The van der Waals surface area contributed by atoms with Crippen LogP contribution in [-0.2, 0) is 24.8 Å². The predicted octanol–water partition coefficient (Wildman–Crippen LogP) is 2.98. The minimum Gasteiger partial charge on any atom is -0.346 e. The number of likely N-dealkylation sites (tertiary alicyclic amines) is 1. The van der Waals surface area contributed by atoms with E-state index in [-0.39, 0.29) is 36.3 Å². The Bertz CT molecular complexity index is 1210. The largest absolute Gasteiger partial charge is 0.346 e. The van der Waals surface area contributed by atoms with Crippen LogP contribution in [0, 0.1) is 25.5 Å². The summed E-state index contributed by atoms with van der Waals surface area (Å²) in [4.78, 5) is 36.0. The molecular formula is C25H28F2N6O2. The summed E-state index contributed by atoms with van der Waals surface area (Å²) in [5.41, 5.74) is 2.59. The van der Waals surface area contributed by atoms with E-state index in [1.54, 1.807) is 16.5 Å². The summed E-state index contributed by atoms with van der Waals surface area (Å²) in [5.74, 6) is -1.52. The maximum absolute atomic E-state index is 13.9. The Kier molecular flexibility index (Phi) is 7.18. The van der Waals surface area contributed by atoms with Gasteiger partial charge >= 0.3 is 0 Å². The number of nitrogens with zero attached hydrogens (tertiary/aromatic N) is 5. The van der Waals surface area contributed by atoms with Gasteiger partial charge < -0.3 is 10.2 Å². The van der Waals surface area contributed by atoms with Crippen LogP contribution in [0.15, 0.2) is 30.5 Å². The summed E-state index contributed by atoms with van der Waals surface area (Å²) in [6.07, 6.45) is 2.38. The first-order valence-electron chi connectivity index (χ1n) is 11.5. The van der Waals surface area contributed by atoms with Crippen molar-refractivity contribution < 1.29 is 18.4 Å². The van der Waals surface area contributed by atoms with Crippen LogP contribution < -0.4 is 5.32 Å².